The van der Waals surface area contributed by atoms with E-state index in [0.717, 1.165) is 40.4 Å². The third-order valence-electron chi connectivity index (χ3n) is 4.70. The average Bonchev–Trinajstić information content (AvgIpc) is 3.22. The predicted octanol–water partition coefficient (Wildman–Crippen LogP) is 2.10. The van der Waals surface area contributed by atoms with Gasteiger partial charge in [0, 0.05) is 35.1 Å². The molecular formula is C20H19N4O3S-. The first-order valence-corrected chi connectivity index (χ1v) is 9.97. The van der Waals surface area contributed by atoms with E-state index in [1.165, 1.54) is 16.9 Å². The molecule has 0 unspecified atom stereocenters. The van der Waals surface area contributed by atoms with E-state index in [0.29, 0.717) is 5.56 Å². The molecule has 2 N–H and O–H groups in total. The largest absolute Gasteiger partial charge is 0.550 e. The van der Waals surface area contributed by atoms with Crippen LogP contribution in [-0.4, -0.2) is 28.4 Å². The Hall–Kier alpha value is -3.00. The zero-order valence-corrected chi connectivity index (χ0v) is 16.2. The van der Waals surface area contributed by atoms with E-state index in [2.05, 4.69) is 20.6 Å². The zero-order valence-electron chi connectivity index (χ0n) is 15.4. The van der Waals surface area contributed by atoms with E-state index in [9.17, 15) is 14.7 Å². The number of fused-ring (bicyclic) bond motifs is 3. The van der Waals surface area contributed by atoms with Gasteiger partial charge in [-0.1, -0.05) is 0 Å². The highest BCUT2D eigenvalue weighted by molar-refractivity contribution is 7.19. The lowest BCUT2D eigenvalue weighted by Crippen LogP contribution is -2.30. The Bertz CT molecular complexity index is 1060. The minimum Gasteiger partial charge on any atom is -0.550 e. The Morgan fingerprint density at radius 1 is 1.18 bits per heavy atom. The number of aryl methyl sites for hydroxylation is 3. The van der Waals surface area contributed by atoms with E-state index in [-0.39, 0.29) is 18.9 Å². The normalized spacial score (nSPS) is 12.8. The number of carbonyl (C=O) groups excluding carboxylic acids is 2. The van der Waals surface area contributed by atoms with Crippen molar-refractivity contribution in [3.63, 3.8) is 0 Å². The summed E-state index contributed by atoms with van der Waals surface area (Å²) in [5.74, 6) is 0.0156. The van der Waals surface area contributed by atoms with Crippen molar-refractivity contribution < 1.29 is 14.7 Å². The number of hydrogen-bond acceptors (Lipinski definition) is 7. The van der Waals surface area contributed by atoms with Crippen LogP contribution in [0.1, 0.15) is 39.5 Å². The maximum absolute atomic E-state index is 12.0. The zero-order chi connectivity index (χ0) is 19.7. The Balaban J connectivity index is 1.54. The topological polar surface area (TPSA) is 107 Å². The first-order chi connectivity index (χ1) is 13.5. The monoisotopic (exact) mass is 395 g/mol. The summed E-state index contributed by atoms with van der Waals surface area (Å²) < 4.78 is 0. The molecule has 0 spiro atoms. The SMILES string of the molecule is Cc1nc(Nc2ccc(C(=O)NCCC(=O)[O-])cc2)c2c3c(sc2n1)CCC3. The fraction of sp³-hybridized carbons (Fsp3) is 0.300. The molecule has 4 rings (SSSR count). The van der Waals surface area contributed by atoms with Crippen LogP contribution in [-0.2, 0) is 17.6 Å². The molecule has 1 aliphatic rings. The van der Waals surface area contributed by atoms with Crippen molar-refractivity contribution in [2.75, 3.05) is 11.9 Å². The second kappa shape index (κ2) is 7.55. The van der Waals surface area contributed by atoms with Gasteiger partial charge in [-0.3, -0.25) is 4.79 Å². The Morgan fingerprint density at radius 3 is 2.71 bits per heavy atom. The van der Waals surface area contributed by atoms with Crippen LogP contribution in [0.25, 0.3) is 10.2 Å². The van der Waals surface area contributed by atoms with Crippen LogP contribution in [0.15, 0.2) is 24.3 Å². The maximum Gasteiger partial charge on any atom is 0.251 e. The van der Waals surface area contributed by atoms with Crippen molar-refractivity contribution in [2.24, 2.45) is 0 Å². The number of anilines is 2. The van der Waals surface area contributed by atoms with Gasteiger partial charge in [0.1, 0.15) is 16.5 Å². The van der Waals surface area contributed by atoms with Gasteiger partial charge in [-0.25, -0.2) is 9.97 Å². The molecule has 1 amide bonds. The number of carboxylic acid groups (broad SMARTS) is 1. The molecule has 0 saturated carbocycles. The van der Waals surface area contributed by atoms with Crippen LogP contribution in [0.5, 0.6) is 0 Å². The van der Waals surface area contributed by atoms with E-state index < -0.39 is 5.97 Å². The second-order valence-corrected chi connectivity index (χ2v) is 7.82. The van der Waals surface area contributed by atoms with Gasteiger partial charge in [-0.15, -0.1) is 11.3 Å². The summed E-state index contributed by atoms with van der Waals surface area (Å²) in [4.78, 5) is 34.1. The van der Waals surface area contributed by atoms with Crippen LogP contribution in [0.2, 0.25) is 0 Å². The number of nitrogens with zero attached hydrogens (tertiary/aromatic N) is 2. The smallest absolute Gasteiger partial charge is 0.251 e. The number of carboxylic acids is 1. The molecule has 144 valence electrons. The molecule has 0 atom stereocenters. The van der Waals surface area contributed by atoms with Crippen molar-refractivity contribution in [3.8, 4) is 0 Å². The third kappa shape index (κ3) is 3.68. The molecule has 0 saturated heterocycles. The average molecular weight is 395 g/mol. The van der Waals surface area contributed by atoms with Gasteiger partial charge in [0.15, 0.2) is 0 Å². The fourth-order valence-electron chi connectivity index (χ4n) is 3.41. The standard InChI is InChI=1S/C20H20N4O3S/c1-11-22-18(17-14-3-2-4-15(14)28-20(17)23-11)24-13-7-5-12(6-8-13)19(27)21-10-9-16(25)26/h5-8H,2-4,9-10H2,1H3,(H,21,27)(H,25,26)(H,22,23,24)/p-1. The minimum atomic E-state index is -1.19. The van der Waals surface area contributed by atoms with Gasteiger partial charge in [0.25, 0.3) is 5.91 Å². The molecule has 1 aromatic carbocycles. The molecule has 28 heavy (non-hydrogen) atoms. The summed E-state index contributed by atoms with van der Waals surface area (Å²) in [5.41, 5.74) is 2.64. The summed E-state index contributed by atoms with van der Waals surface area (Å²) in [7, 11) is 0. The maximum atomic E-state index is 12.0. The predicted molar refractivity (Wildman–Crippen MR) is 106 cm³/mol. The van der Waals surface area contributed by atoms with Gasteiger partial charge in [0.2, 0.25) is 0 Å². The number of hydrogen-bond donors (Lipinski definition) is 2. The van der Waals surface area contributed by atoms with Gasteiger partial charge in [0.05, 0.1) is 5.39 Å². The highest BCUT2D eigenvalue weighted by Crippen LogP contribution is 2.40. The number of carbonyl (C=O) groups is 2. The summed E-state index contributed by atoms with van der Waals surface area (Å²) in [6.07, 6.45) is 3.13. The third-order valence-corrected chi connectivity index (χ3v) is 5.89. The molecule has 0 aliphatic heterocycles. The first kappa shape index (κ1) is 18.4. The Kier molecular flexibility index (Phi) is 4.95. The van der Waals surface area contributed by atoms with E-state index in [1.54, 1.807) is 23.5 Å². The quantitative estimate of drug-likeness (QED) is 0.662. The highest BCUT2D eigenvalue weighted by Gasteiger charge is 2.22. The Labute approximate surface area is 165 Å². The molecular weight excluding hydrogens is 376 g/mol. The number of rotatable bonds is 6. The second-order valence-electron chi connectivity index (χ2n) is 6.74. The van der Waals surface area contributed by atoms with Crippen molar-refractivity contribution >= 4 is 44.9 Å². The van der Waals surface area contributed by atoms with E-state index >= 15 is 0 Å². The lowest BCUT2D eigenvalue weighted by molar-refractivity contribution is -0.305. The van der Waals surface area contributed by atoms with Gasteiger partial charge in [-0.05, 0) is 56.0 Å². The van der Waals surface area contributed by atoms with Crippen LogP contribution in [0.3, 0.4) is 0 Å². The molecule has 0 fully saturated rings. The van der Waals surface area contributed by atoms with Crippen molar-refractivity contribution in [2.45, 2.75) is 32.6 Å². The molecule has 2 heterocycles. The summed E-state index contributed by atoms with van der Waals surface area (Å²) in [5, 5.41) is 17.4. The summed E-state index contributed by atoms with van der Waals surface area (Å²) >= 11 is 1.75. The van der Waals surface area contributed by atoms with Crippen LogP contribution >= 0.6 is 11.3 Å². The van der Waals surface area contributed by atoms with Crippen molar-refractivity contribution in [3.05, 3.63) is 46.1 Å². The molecule has 0 bridgehead atoms. The number of thiophene rings is 1. The highest BCUT2D eigenvalue weighted by atomic mass is 32.1. The lowest BCUT2D eigenvalue weighted by atomic mass is 10.1. The molecule has 1 aliphatic carbocycles. The van der Waals surface area contributed by atoms with E-state index in [4.69, 9.17) is 0 Å². The minimum absolute atomic E-state index is 0.0443. The van der Waals surface area contributed by atoms with Gasteiger partial charge in [-0.2, -0.15) is 0 Å². The molecule has 0 radical (unpaired) electrons. The summed E-state index contributed by atoms with van der Waals surface area (Å²) in [6.45, 7) is 1.93. The van der Waals surface area contributed by atoms with Crippen LogP contribution in [0.4, 0.5) is 11.5 Å². The fourth-order valence-corrected chi connectivity index (χ4v) is 4.72. The summed E-state index contributed by atoms with van der Waals surface area (Å²) in [6, 6.07) is 7.01. The Morgan fingerprint density at radius 2 is 1.96 bits per heavy atom. The van der Waals surface area contributed by atoms with Gasteiger partial charge < -0.3 is 20.5 Å². The number of benzene rings is 1. The van der Waals surface area contributed by atoms with Crippen LogP contribution < -0.4 is 15.7 Å². The molecule has 3 aromatic rings. The van der Waals surface area contributed by atoms with Gasteiger partial charge >= 0.3 is 0 Å². The number of aromatic nitrogens is 2. The number of aliphatic carboxylic acids is 1. The number of amides is 1. The van der Waals surface area contributed by atoms with E-state index in [1.807, 2.05) is 19.1 Å². The lowest BCUT2D eigenvalue weighted by Gasteiger charge is -2.10. The molecule has 2 aromatic heterocycles. The molecule has 8 heteroatoms. The molecule has 7 nitrogen and oxygen atoms in total. The number of nitrogens with one attached hydrogen (secondary N) is 2. The first-order valence-electron chi connectivity index (χ1n) is 9.15. The van der Waals surface area contributed by atoms with Crippen molar-refractivity contribution in [1.29, 1.82) is 0 Å². The van der Waals surface area contributed by atoms with Crippen molar-refractivity contribution in [1.82, 2.24) is 15.3 Å². The van der Waals surface area contributed by atoms with Crippen LogP contribution in [0, 0.1) is 6.92 Å².